The van der Waals surface area contributed by atoms with Gasteiger partial charge >= 0.3 is 5.97 Å². The molecular weight excluding hydrogens is 210 g/mol. The fourth-order valence-corrected chi connectivity index (χ4v) is 2.45. The Morgan fingerprint density at radius 3 is 2.47 bits per heavy atom. The maximum Gasteiger partial charge on any atom is 0.323 e. The molecule has 0 spiro atoms. The number of carboxylic acids is 1. The highest BCUT2D eigenvalue weighted by atomic mass is 32.2. The Balaban J connectivity index is 4.08. The van der Waals surface area contributed by atoms with E-state index in [2.05, 4.69) is 12.2 Å². The van der Waals surface area contributed by atoms with Crippen molar-refractivity contribution in [1.82, 2.24) is 5.32 Å². The van der Waals surface area contributed by atoms with Crippen LogP contribution in [0.2, 0.25) is 0 Å². The zero-order valence-corrected chi connectivity index (χ0v) is 11.0. The Morgan fingerprint density at radius 2 is 2.07 bits per heavy atom. The maximum absolute atomic E-state index is 11.1. The molecule has 0 bridgehead atoms. The number of carbonyl (C=O) groups is 1. The van der Waals surface area contributed by atoms with Crippen LogP contribution in [0.3, 0.4) is 0 Å². The molecular formula is C11H23NO2S. The molecule has 90 valence electrons. The molecule has 0 aliphatic heterocycles. The van der Waals surface area contributed by atoms with Gasteiger partial charge in [-0.25, -0.2) is 0 Å². The number of nitrogens with one attached hydrogen (secondary N) is 1. The van der Waals surface area contributed by atoms with Crippen molar-refractivity contribution in [3.8, 4) is 0 Å². The number of thioether (sulfide) groups is 1. The molecule has 2 N–H and O–H groups in total. The van der Waals surface area contributed by atoms with Crippen LogP contribution in [-0.4, -0.2) is 34.2 Å². The summed E-state index contributed by atoms with van der Waals surface area (Å²) in [4.78, 5) is 11.1. The lowest BCUT2D eigenvalue weighted by Gasteiger charge is -2.28. The van der Waals surface area contributed by atoms with Crippen LogP contribution in [0, 0.1) is 0 Å². The highest BCUT2D eigenvalue weighted by Crippen LogP contribution is 2.16. The summed E-state index contributed by atoms with van der Waals surface area (Å²) in [5, 5.41) is 12.3. The van der Waals surface area contributed by atoms with Gasteiger partial charge in [0.05, 0.1) is 0 Å². The molecule has 3 nitrogen and oxygen atoms in total. The van der Waals surface area contributed by atoms with E-state index in [0.717, 1.165) is 17.9 Å². The van der Waals surface area contributed by atoms with Gasteiger partial charge in [0, 0.05) is 6.04 Å². The molecule has 0 aliphatic rings. The van der Waals surface area contributed by atoms with E-state index in [9.17, 15) is 4.79 Å². The van der Waals surface area contributed by atoms with Gasteiger partial charge in [-0.2, -0.15) is 11.8 Å². The van der Waals surface area contributed by atoms with Crippen molar-refractivity contribution in [3.05, 3.63) is 0 Å². The van der Waals surface area contributed by atoms with E-state index in [1.807, 2.05) is 25.6 Å². The first-order valence-corrected chi connectivity index (χ1v) is 6.66. The second kappa shape index (κ2) is 7.12. The Morgan fingerprint density at radius 1 is 1.47 bits per heavy atom. The van der Waals surface area contributed by atoms with E-state index in [1.165, 1.54) is 0 Å². The van der Waals surface area contributed by atoms with Crippen LogP contribution < -0.4 is 5.32 Å². The Kier molecular flexibility index (Phi) is 7.02. The van der Waals surface area contributed by atoms with Crippen LogP contribution in [0.15, 0.2) is 0 Å². The Hall–Kier alpha value is -0.220. The van der Waals surface area contributed by atoms with Crippen molar-refractivity contribution < 1.29 is 9.90 Å². The summed E-state index contributed by atoms with van der Waals surface area (Å²) in [6.45, 7) is 7.85. The topological polar surface area (TPSA) is 49.3 Å². The summed E-state index contributed by atoms with van der Waals surface area (Å²) < 4.78 is 0. The smallest absolute Gasteiger partial charge is 0.323 e. The number of hydrogen-bond acceptors (Lipinski definition) is 3. The molecule has 1 atom stereocenters. The number of aliphatic carboxylic acids is 1. The molecule has 0 aromatic rings. The van der Waals surface area contributed by atoms with Gasteiger partial charge in [0.25, 0.3) is 0 Å². The van der Waals surface area contributed by atoms with Gasteiger partial charge in [-0.15, -0.1) is 0 Å². The lowest BCUT2D eigenvalue weighted by Crippen LogP contribution is -2.52. The second-order valence-corrected chi connectivity index (χ2v) is 5.52. The van der Waals surface area contributed by atoms with Gasteiger partial charge in [-0.1, -0.05) is 6.92 Å². The molecule has 0 heterocycles. The standard InChI is InChI=1S/C11H23NO2S/c1-5-7-15-8-6-11(4,10(13)14)12-9(2)3/h9,12H,5-8H2,1-4H3,(H,13,14). The van der Waals surface area contributed by atoms with E-state index in [0.29, 0.717) is 6.42 Å². The molecule has 1 unspecified atom stereocenters. The summed E-state index contributed by atoms with van der Waals surface area (Å²) in [5.41, 5.74) is -0.783. The zero-order chi connectivity index (χ0) is 11.9. The molecule has 0 rings (SSSR count). The summed E-state index contributed by atoms with van der Waals surface area (Å²) in [7, 11) is 0. The van der Waals surface area contributed by atoms with Gasteiger partial charge in [0.15, 0.2) is 0 Å². The van der Waals surface area contributed by atoms with E-state index >= 15 is 0 Å². The summed E-state index contributed by atoms with van der Waals surface area (Å²) in [6.07, 6.45) is 1.82. The van der Waals surface area contributed by atoms with Crippen molar-refractivity contribution >= 4 is 17.7 Å². The van der Waals surface area contributed by atoms with Gasteiger partial charge in [-0.05, 0) is 45.1 Å². The van der Waals surface area contributed by atoms with Crippen molar-refractivity contribution in [2.24, 2.45) is 0 Å². The minimum Gasteiger partial charge on any atom is -0.480 e. The van der Waals surface area contributed by atoms with Crippen LogP contribution in [0.25, 0.3) is 0 Å². The minimum atomic E-state index is -0.783. The Labute approximate surface area is 97.0 Å². The predicted molar refractivity (Wildman–Crippen MR) is 66.5 cm³/mol. The number of carboxylic acid groups (broad SMARTS) is 1. The monoisotopic (exact) mass is 233 g/mol. The van der Waals surface area contributed by atoms with Crippen molar-refractivity contribution in [2.75, 3.05) is 11.5 Å². The van der Waals surface area contributed by atoms with Crippen LogP contribution in [-0.2, 0) is 4.79 Å². The predicted octanol–water partition coefficient (Wildman–Crippen LogP) is 2.36. The first-order chi connectivity index (χ1) is 6.92. The molecule has 0 radical (unpaired) electrons. The first-order valence-electron chi connectivity index (χ1n) is 5.51. The maximum atomic E-state index is 11.1. The molecule has 0 aromatic heterocycles. The largest absolute Gasteiger partial charge is 0.480 e. The quantitative estimate of drug-likeness (QED) is 0.632. The molecule has 0 amide bonds. The third-order valence-electron chi connectivity index (χ3n) is 2.17. The molecule has 15 heavy (non-hydrogen) atoms. The average Bonchev–Trinajstić information content (AvgIpc) is 2.11. The van der Waals surface area contributed by atoms with E-state index in [1.54, 1.807) is 6.92 Å². The highest BCUT2D eigenvalue weighted by Gasteiger charge is 2.32. The number of hydrogen-bond donors (Lipinski definition) is 2. The molecule has 0 aliphatic carbocycles. The minimum absolute atomic E-state index is 0.197. The second-order valence-electron chi connectivity index (χ2n) is 4.30. The zero-order valence-electron chi connectivity index (χ0n) is 10.2. The number of rotatable bonds is 8. The van der Waals surface area contributed by atoms with Crippen LogP contribution in [0.1, 0.15) is 40.5 Å². The lowest BCUT2D eigenvalue weighted by molar-refractivity contribution is -0.144. The van der Waals surface area contributed by atoms with Crippen molar-refractivity contribution in [2.45, 2.75) is 52.1 Å². The molecule has 0 saturated carbocycles. The van der Waals surface area contributed by atoms with Crippen molar-refractivity contribution in [1.29, 1.82) is 0 Å². The Bertz CT molecular complexity index is 197. The summed E-state index contributed by atoms with van der Waals surface area (Å²) in [6, 6.07) is 0.197. The molecule has 0 saturated heterocycles. The molecule has 0 fully saturated rings. The SMILES string of the molecule is CCCSCCC(C)(NC(C)C)C(=O)O. The van der Waals surface area contributed by atoms with Gasteiger partial charge in [-0.3, -0.25) is 10.1 Å². The molecule has 4 heteroatoms. The van der Waals surface area contributed by atoms with Gasteiger partial charge in [0.2, 0.25) is 0 Å². The van der Waals surface area contributed by atoms with Crippen molar-refractivity contribution in [3.63, 3.8) is 0 Å². The van der Waals surface area contributed by atoms with E-state index in [4.69, 9.17) is 5.11 Å². The van der Waals surface area contributed by atoms with Crippen LogP contribution in [0.4, 0.5) is 0 Å². The van der Waals surface area contributed by atoms with E-state index < -0.39 is 11.5 Å². The third-order valence-corrected chi connectivity index (χ3v) is 3.36. The van der Waals surface area contributed by atoms with Gasteiger partial charge in [0.1, 0.15) is 5.54 Å². The fourth-order valence-electron chi connectivity index (χ4n) is 1.40. The summed E-state index contributed by atoms with van der Waals surface area (Å²) >= 11 is 1.82. The first kappa shape index (κ1) is 14.8. The lowest BCUT2D eigenvalue weighted by atomic mass is 9.98. The third kappa shape index (κ3) is 6.05. The normalized spacial score (nSPS) is 15.3. The van der Waals surface area contributed by atoms with Crippen LogP contribution >= 0.6 is 11.8 Å². The highest BCUT2D eigenvalue weighted by molar-refractivity contribution is 7.99. The van der Waals surface area contributed by atoms with E-state index in [-0.39, 0.29) is 6.04 Å². The van der Waals surface area contributed by atoms with Gasteiger partial charge < -0.3 is 5.11 Å². The fraction of sp³-hybridized carbons (Fsp3) is 0.909. The average molecular weight is 233 g/mol. The summed E-state index contributed by atoms with van der Waals surface area (Å²) in [5.74, 6) is 1.25. The van der Waals surface area contributed by atoms with Crippen LogP contribution in [0.5, 0.6) is 0 Å². The molecule has 0 aromatic carbocycles.